The molecule has 0 amide bonds. The molecule has 0 aromatic heterocycles. The van der Waals surface area contributed by atoms with Gasteiger partial charge in [0.25, 0.3) is 3.79 Å². The summed E-state index contributed by atoms with van der Waals surface area (Å²) in [7, 11) is 0. The number of halogens is 3. The Hall–Kier alpha value is -4.94. The highest BCUT2D eigenvalue weighted by Gasteiger charge is 2.55. The van der Waals surface area contributed by atoms with Gasteiger partial charge in [-0.2, -0.15) is 0 Å². The molecule has 4 aromatic rings. The van der Waals surface area contributed by atoms with E-state index in [0.29, 0.717) is 0 Å². The van der Waals surface area contributed by atoms with E-state index in [-0.39, 0.29) is 22.3 Å². The second kappa shape index (κ2) is 16.6. The number of benzene rings is 4. The summed E-state index contributed by atoms with van der Waals surface area (Å²) in [6.07, 6.45) is -8.34. The fraction of sp³-hybridized carbons (Fsp3) is 0.194. The molecule has 1 saturated heterocycles. The number of carbonyl (C=O) groups is 4. The molecular weight excluding hydrogens is 713 g/mol. The molecule has 0 radical (unpaired) electrons. The first-order valence-corrected chi connectivity index (χ1v) is 16.1. The standard InChI is InChI=1S/C36H28Cl3NO10/c37-36(38,39)35(40)50-34-29(49-33(44)25-19-11-4-12-20-25)28(48-32(43)24-17-9-3-10-18-24)27(47-31(42)23-15-7-2-8-16-23)26(46-34)21-45-30(41)22-13-5-1-6-14-22/h1-20,26-29,34,40H,21H2/t26-,27-,28+,29+,34?/m1/s1. The van der Waals surface area contributed by atoms with Gasteiger partial charge < -0.3 is 28.4 Å². The molecule has 0 bridgehead atoms. The van der Waals surface area contributed by atoms with E-state index in [4.69, 9.17) is 68.6 Å². The Morgan fingerprint density at radius 1 is 0.540 bits per heavy atom. The number of hydrogen-bond donors (Lipinski definition) is 1. The van der Waals surface area contributed by atoms with Gasteiger partial charge in [-0.25, -0.2) is 19.2 Å². The van der Waals surface area contributed by atoms with E-state index >= 15 is 0 Å². The third-order valence-electron chi connectivity index (χ3n) is 7.23. The van der Waals surface area contributed by atoms with Gasteiger partial charge in [0.15, 0.2) is 12.2 Å². The van der Waals surface area contributed by atoms with E-state index in [2.05, 4.69) is 0 Å². The number of hydrogen-bond acceptors (Lipinski definition) is 11. The highest BCUT2D eigenvalue weighted by Crippen LogP contribution is 2.35. The molecule has 5 rings (SSSR count). The molecule has 1 unspecified atom stereocenters. The number of esters is 4. The van der Waals surface area contributed by atoms with Gasteiger partial charge in [0.2, 0.25) is 18.3 Å². The minimum absolute atomic E-state index is 0.0904. The average molecular weight is 741 g/mol. The van der Waals surface area contributed by atoms with Gasteiger partial charge in [0.1, 0.15) is 12.7 Å². The van der Waals surface area contributed by atoms with Crippen LogP contribution in [0.25, 0.3) is 0 Å². The van der Waals surface area contributed by atoms with Gasteiger partial charge in [-0.3, -0.25) is 5.41 Å². The fourth-order valence-electron chi connectivity index (χ4n) is 4.81. The molecular formula is C36H28Cl3NO10. The third-order valence-corrected chi connectivity index (χ3v) is 7.74. The van der Waals surface area contributed by atoms with Crippen LogP contribution in [0, 0.1) is 5.41 Å². The Kier molecular flexibility index (Phi) is 12.1. The molecule has 1 aliphatic heterocycles. The molecule has 0 spiro atoms. The second-order valence-corrected chi connectivity index (χ2v) is 12.9. The first-order valence-electron chi connectivity index (χ1n) is 15.0. The minimum Gasteiger partial charge on any atom is -0.459 e. The Balaban J connectivity index is 1.58. The second-order valence-electron chi connectivity index (χ2n) is 10.7. The number of nitrogens with one attached hydrogen (secondary N) is 1. The molecule has 0 saturated carbocycles. The maximum atomic E-state index is 13.6. The Morgan fingerprint density at radius 2 is 0.900 bits per heavy atom. The van der Waals surface area contributed by atoms with E-state index in [0.717, 1.165) is 0 Å². The van der Waals surface area contributed by atoms with Crippen LogP contribution in [0.3, 0.4) is 0 Å². The van der Waals surface area contributed by atoms with Gasteiger partial charge in [0.05, 0.1) is 22.3 Å². The molecule has 50 heavy (non-hydrogen) atoms. The summed E-state index contributed by atoms with van der Waals surface area (Å²) in [5, 5.41) is 8.26. The highest BCUT2D eigenvalue weighted by molar-refractivity contribution is 6.76. The van der Waals surface area contributed by atoms with Gasteiger partial charge in [-0.1, -0.05) is 108 Å². The summed E-state index contributed by atoms with van der Waals surface area (Å²) in [6, 6.07) is 31.5. The Labute approximate surface area is 301 Å². The van der Waals surface area contributed by atoms with E-state index in [1.807, 2.05) is 0 Å². The fourth-order valence-corrected chi connectivity index (χ4v) is 4.94. The van der Waals surface area contributed by atoms with Gasteiger partial charge in [-0.15, -0.1) is 0 Å². The molecule has 14 heteroatoms. The zero-order chi connectivity index (χ0) is 35.7. The lowest BCUT2D eigenvalue weighted by molar-refractivity contribution is -0.279. The molecule has 1 aliphatic rings. The van der Waals surface area contributed by atoms with Crippen LogP contribution in [-0.2, 0) is 28.4 Å². The van der Waals surface area contributed by atoms with Crippen LogP contribution in [0.2, 0.25) is 0 Å². The Morgan fingerprint density at radius 3 is 1.30 bits per heavy atom. The van der Waals surface area contributed by atoms with E-state index < -0.39 is 70.9 Å². The third kappa shape index (κ3) is 9.39. The van der Waals surface area contributed by atoms with Crippen molar-refractivity contribution >= 4 is 64.6 Å². The predicted molar refractivity (Wildman–Crippen MR) is 181 cm³/mol. The van der Waals surface area contributed by atoms with Crippen molar-refractivity contribution in [2.24, 2.45) is 0 Å². The van der Waals surface area contributed by atoms with Crippen LogP contribution in [-0.4, -0.2) is 70.9 Å². The normalized spacial score (nSPS) is 20.1. The topological polar surface area (TPSA) is 148 Å². The molecule has 1 fully saturated rings. The van der Waals surface area contributed by atoms with Crippen LogP contribution in [0.4, 0.5) is 0 Å². The lowest BCUT2D eigenvalue weighted by Crippen LogP contribution is -2.63. The van der Waals surface area contributed by atoms with Crippen molar-refractivity contribution in [2.75, 3.05) is 6.61 Å². The van der Waals surface area contributed by atoms with E-state index in [1.165, 1.54) is 48.5 Å². The van der Waals surface area contributed by atoms with Crippen LogP contribution in [0.5, 0.6) is 0 Å². The van der Waals surface area contributed by atoms with Crippen LogP contribution < -0.4 is 0 Å². The number of rotatable bonds is 10. The highest BCUT2D eigenvalue weighted by atomic mass is 35.6. The Bertz CT molecular complexity index is 1790. The van der Waals surface area contributed by atoms with Gasteiger partial charge >= 0.3 is 23.9 Å². The molecule has 11 nitrogen and oxygen atoms in total. The maximum Gasteiger partial charge on any atom is 0.338 e. The SMILES string of the molecule is N=C(OC1O[C@H](COC(=O)c2ccccc2)[C@@H](OC(=O)c2ccccc2)[C@H](OC(=O)c2ccccc2)[C@@H]1OC(=O)c1ccccc1)C(Cl)(Cl)Cl. The smallest absolute Gasteiger partial charge is 0.338 e. The molecule has 1 heterocycles. The lowest BCUT2D eigenvalue weighted by atomic mass is 9.97. The largest absolute Gasteiger partial charge is 0.459 e. The van der Waals surface area contributed by atoms with Crippen molar-refractivity contribution in [1.82, 2.24) is 0 Å². The lowest BCUT2D eigenvalue weighted by Gasteiger charge is -2.44. The molecule has 5 atom stereocenters. The summed E-state index contributed by atoms with van der Waals surface area (Å²) in [4.78, 5) is 53.5. The summed E-state index contributed by atoms with van der Waals surface area (Å²) < 4.78 is 32.5. The molecule has 1 N–H and O–H groups in total. The van der Waals surface area contributed by atoms with Crippen molar-refractivity contribution in [3.8, 4) is 0 Å². The number of ether oxygens (including phenoxy) is 6. The summed E-state index contributed by atoms with van der Waals surface area (Å²) in [6.45, 7) is -0.597. The van der Waals surface area contributed by atoms with Crippen molar-refractivity contribution < 1.29 is 47.6 Å². The molecule has 258 valence electrons. The van der Waals surface area contributed by atoms with Crippen molar-refractivity contribution in [3.63, 3.8) is 0 Å². The van der Waals surface area contributed by atoms with Crippen LogP contribution in [0.15, 0.2) is 121 Å². The average Bonchev–Trinajstić information content (AvgIpc) is 3.13. The zero-order valence-electron chi connectivity index (χ0n) is 25.9. The van der Waals surface area contributed by atoms with E-state index in [1.54, 1.807) is 72.8 Å². The molecule has 4 aromatic carbocycles. The number of carbonyl (C=O) groups excluding carboxylic acids is 4. The van der Waals surface area contributed by atoms with Crippen molar-refractivity contribution in [1.29, 1.82) is 5.41 Å². The first-order chi connectivity index (χ1) is 24.0. The quantitative estimate of drug-likeness (QED) is 0.0620. The van der Waals surface area contributed by atoms with Gasteiger partial charge in [0, 0.05) is 0 Å². The van der Waals surface area contributed by atoms with Crippen LogP contribution >= 0.6 is 34.8 Å². The van der Waals surface area contributed by atoms with Gasteiger partial charge in [-0.05, 0) is 48.5 Å². The maximum absolute atomic E-state index is 13.6. The predicted octanol–water partition coefficient (Wildman–Crippen LogP) is 6.61. The summed E-state index contributed by atoms with van der Waals surface area (Å²) in [5.41, 5.74) is 0.509. The summed E-state index contributed by atoms with van der Waals surface area (Å²) >= 11 is 17.8. The minimum atomic E-state index is -2.40. The molecule has 0 aliphatic carbocycles. The number of alkyl halides is 3. The summed E-state index contributed by atoms with van der Waals surface area (Å²) in [5.74, 6) is -4.41. The van der Waals surface area contributed by atoms with Crippen molar-refractivity contribution in [2.45, 2.75) is 34.5 Å². The monoisotopic (exact) mass is 739 g/mol. The zero-order valence-corrected chi connectivity index (χ0v) is 28.1. The van der Waals surface area contributed by atoms with Crippen LogP contribution in [0.1, 0.15) is 41.4 Å². The first kappa shape index (κ1) is 36.3. The van der Waals surface area contributed by atoms with E-state index in [9.17, 15) is 19.2 Å². The van der Waals surface area contributed by atoms with Crippen molar-refractivity contribution in [3.05, 3.63) is 144 Å².